The van der Waals surface area contributed by atoms with E-state index >= 15 is 0 Å². The van der Waals surface area contributed by atoms with E-state index in [1.54, 1.807) is 74.5 Å². The summed E-state index contributed by atoms with van der Waals surface area (Å²) in [6.45, 7) is 5.33. The standard InChI is InChI=1S/C26H26BrN3O5S/c1-17(2)24(30-36(33,34)21-14-8-18(3)9-15-21)25(31)29-28-16-19-10-12-20(13-11-19)35-26(32)22-6-4-5-7-23(22)27/h4-17,24,30H,1-3H3,(H,29,31)/b28-16-/t24-/m1/s1. The van der Waals surface area contributed by atoms with E-state index < -0.39 is 27.9 Å². The fourth-order valence-corrected chi connectivity index (χ4v) is 4.89. The number of nitrogens with one attached hydrogen (secondary N) is 2. The SMILES string of the molecule is Cc1ccc(S(=O)(=O)N[C@@H](C(=O)N/N=C\c2ccc(OC(=O)c3ccccc3Br)cc2)C(C)C)cc1. The van der Waals surface area contributed by atoms with Crippen LogP contribution in [0.4, 0.5) is 0 Å². The molecule has 0 saturated carbocycles. The average molecular weight is 572 g/mol. The maximum Gasteiger partial charge on any atom is 0.344 e. The van der Waals surface area contributed by atoms with Gasteiger partial charge in [-0.3, -0.25) is 4.79 Å². The molecule has 1 atom stereocenters. The maximum absolute atomic E-state index is 12.7. The number of benzene rings is 3. The molecule has 1 amide bonds. The van der Waals surface area contributed by atoms with E-state index in [-0.39, 0.29) is 10.8 Å². The number of nitrogens with zero attached hydrogens (tertiary/aromatic N) is 1. The molecule has 3 rings (SSSR count). The third-order valence-electron chi connectivity index (χ3n) is 5.14. The fraction of sp³-hybridized carbons (Fsp3) is 0.192. The Bertz CT molecular complexity index is 1360. The lowest BCUT2D eigenvalue weighted by Gasteiger charge is -2.20. The van der Waals surface area contributed by atoms with Crippen LogP contribution in [-0.2, 0) is 14.8 Å². The van der Waals surface area contributed by atoms with Gasteiger partial charge in [-0.05, 0) is 82.9 Å². The second kappa shape index (κ2) is 12.1. The molecule has 0 aromatic heterocycles. The van der Waals surface area contributed by atoms with Crippen molar-refractivity contribution in [2.75, 3.05) is 0 Å². The van der Waals surface area contributed by atoms with Crippen molar-refractivity contribution in [1.29, 1.82) is 0 Å². The number of hydrogen-bond donors (Lipinski definition) is 2. The lowest BCUT2D eigenvalue weighted by Crippen LogP contribution is -2.48. The Balaban J connectivity index is 1.60. The van der Waals surface area contributed by atoms with Gasteiger partial charge in [-0.15, -0.1) is 0 Å². The van der Waals surface area contributed by atoms with Crippen LogP contribution in [0, 0.1) is 12.8 Å². The number of hydrazone groups is 1. The summed E-state index contributed by atoms with van der Waals surface area (Å²) in [5.41, 5.74) is 4.35. The zero-order valence-corrected chi connectivity index (χ0v) is 22.3. The normalized spacial score (nSPS) is 12.5. The Morgan fingerprint density at radius 1 is 0.972 bits per heavy atom. The highest BCUT2D eigenvalue weighted by atomic mass is 79.9. The van der Waals surface area contributed by atoms with Crippen LogP contribution < -0.4 is 14.9 Å². The van der Waals surface area contributed by atoms with Gasteiger partial charge in [-0.2, -0.15) is 9.82 Å². The minimum atomic E-state index is -3.89. The predicted molar refractivity (Wildman–Crippen MR) is 141 cm³/mol. The smallest absolute Gasteiger partial charge is 0.344 e. The van der Waals surface area contributed by atoms with Crippen molar-refractivity contribution in [2.24, 2.45) is 11.0 Å². The zero-order chi connectivity index (χ0) is 26.3. The quantitative estimate of drug-likeness (QED) is 0.171. The van der Waals surface area contributed by atoms with Gasteiger partial charge in [0.2, 0.25) is 10.0 Å². The Hall–Kier alpha value is -3.34. The molecule has 0 aliphatic rings. The molecule has 0 fully saturated rings. The molecule has 0 saturated heterocycles. The van der Waals surface area contributed by atoms with Crippen LogP contribution in [0.1, 0.15) is 35.3 Å². The molecule has 0 heterocycles. The molecule has 8 nitrogen and oxygen atoms in total. The summed E-state index contributed by atoms with van der Waals surface area (Å²) in [4.78, 5) is 25.1. The summed E-state index contributed by atoms with van der Waals surface area (Å²) >= 11 is 3.32. The van der Waals surface area contributed by atoms with Gasteiger partial charge in [0, 0.05) is 4.47 Å². The van der Waals surface area contributed by atoms with Gasteiger partial charge in [0.1, 0.15) is 11.8 Å². The molecule has 188 valence electrons. The van der Waals surface area contributed by atoms with E-state index in [0.29, 0.717) is 21.3 Å². The molecular formula is C26H26BrN3O5S. The van der Waals surface area contributed by atoms with E-state index in [0.717, 1.165) is 5.56 Å². The Kier molecular flexibility index (Phi) is 9.14. The molecular weight excluding hydrogens is 546 g/mol. The van der Waals surface area contributed by atoms with Crippen molar-refractivity contribution in [1.82, 2.24) is 10.1 Å². The average Bonchev–Trinajstić information content (AvgIpc) is 2.84. The first-order chi connectivity index (χ1) is 17.1. The van der Waals surface area contributed by atoms with Crippen molar-refractivity contribution in [3.63, 3.8) is 0 Å². The highest BCUT2D eigenvalue weighted by Gasteiger charge is 2.28. The third kappa shape index (κ3) is 7.33. The molecule has 0 bridgehead atoms. The summed E-state index contributed by atoms with van der Waals surface area (Å²) in [6, 6.07) is 18.8. The van der Waals surface area contributed by atoms with E-state index in [9.17, 15) is 18.0 Å². The van der Waals surface area contributed by atoms with Crippen molar-refractivity contribution < 1.29 is 22.7 Å². The highest BCUT2D eigenvalue weighted by Crippen LogP contribution is 2.19. The molecule has 0 radical (unpaired) electrons. The summed E-state index contributed by atoms with van der Waals surface area (Å²) in [7, 11) is -3.89. The van der Waals surface area contributed by atoms with Crippen LogP contribution in [-0.4, -0.2) is 32.6 Å². The van der Waals surface area contributed by atoms with Crippen molar-refractivity contribution in [3.05, 3.63) is 94.0 Å². The van der Waals surface area contributed by atoms with Crippen LogP contribution in [0.25, 0.3) is 0 Å². The van der Waals surface area contributed by atoms with Crippen LogP contribution >= 0.6 is 15.9 Å². The van der Waals surface area contributed by atoms with Crippen LogP contribution in [0.5, 0.6) is 5.75 Å². The van der Waals surface area contributed by atoms with Gasteiger partial charge >= 0.3 is 5.97 Å². The second-order valence-electron chi connectivity index (χ2n) is 8.33. The molecule has 0 spiro atoms. The van der Waals surface area contributed by atoms with E-state index in [2.05, 4.69) is 31.2 Å². The van der Waals surface area contributed by atoms with Gasteiger partial charge in [0.25, 0.3) is 5.91 Å². The van der Waals surface area contributed by atoms with Gasteiger partial charge in [0.15, 0.2) is 0 Å². The molecule has 10 heteroatoms. The third-order valence-corrected chi connectivity index (χ3v) is 7.28. The molecule has 0 aliphatic heterocycles. The molecule has 3 aromatic rings. The second-order valence-corrected chi connectivity index (χ2v) is 10.9. The molecule has 0 aliphatic carbocycles. The van der Waals surface area contributed by atoms with Crippen LogP contribution in [0.15, 0.2) is 87.3 Å². The zero-order valence-electron chi connectivity index (χ0n) is 19.9. The Morgan fingerprint density at radius 3 is 2.22 bits per heavy atom. The van der Waals surface area contributed by atoms with E-state index in [4.69, 9.17) is 4.74 Å². The molecule has 3 aromatic carbocycles. The lowest BCUT2D eigenvalue weighted by atomic mass is 10.1. The number of hydrogen-bond acceptors (Lipinski definition) is 6. The predicted octanol–water partition coefficient (Wildman–Crippen LogP) is 4.43. The van der Waals surface area contributed by atoms with E-state index in [1.807, 2.05) is 6.92 Å². The number of halogens is 1. The number of carbonyl (C=O) groups is 2. The molecule has 0 unspecified atom stereocenters. The van der Waals surface area contributed by atoms with E-state index in [1.165, 1.54) is 18.3 Å². The highest BCUT2D eigenvalue weighted by molar-refractivity contribution is 9.10. The van der Waals surface area contributed by atoms with Crippen LogP contribution in [0.3, 0.4) is 0 Å². The molecule has 2 N–H and O–H groups in total. The lowest BCUT2D eigenvalue weighted by molar-refractivity contribution is -0.123. The first kappa shape index (κ1) is 27.3. The van der Waals surface area contributed by atoms with Crippen molar-refractivity contribution in [2.45, 2.75) is 31.7 Å². The summed E-state index contributed by atoms with van der Waals surface area (Å²) in [5.74, 6) is -1.05. The van der Waals surface area contributed by atoms with Gasteiger partial charge in [-0.25, -0.2) is 18.6 Å². The van der Waals surface area contributed by atoms with Crippen molar-refractivity contribution >= 4 is 44.0 Å². The number of amides is 1. The number of aryl methyl sites for hydroxylation is 1. The first-order valence-corrected chi connectivity index (χ1v) is 13.3. The number of rotatable bonds is 9. The summed E-state index contributed by atoms with van der Waals surface area (Å²) in [5, 5.41) is 3.94. The largest absolute Gasteiger partial charge is 0.423 e. The summed E-state index contributed by atoms with van der Waals surface area (Å²) < 4.78 is 33.9. The topological polar surface area (TPSA) is 114 Å². The Labute approximate surface area is 218 Å². The number of esters is 1. The number of ether oxygens (including phenoxy) is 1. The number of carbonyl (C=O) groups excluding carboxylic acids is 2. The van der Waals surface area contributed by atoms with Gasteiger partial charge in [-0.1, -0.05) is 43.7 Å². The maximum atomic E-state index is 12.7. The summed E-state index contributed by atoms with van der Waals surface area (Å²) in [6.07, 6.45) is 1.41. The minimum Gasteiger partial charge on any atom is -0.423 e. The Morgan fingerprint density at radius 2 is 1.61 bits per heavy atom. The van der Waals surface area contributed by atoms with Gasteiger partial charge < -0.3 is 4.74 Å². The minimum absolute atomic E-state index is 0.0791. The monoisotopic (exact) mass is 571 g/mol. The molecule has 36 heavy (non-hydrogen) atoms. The fourth-order valence-electron chi connectivity index (χ4n) is 3.10. The number of sulfonamides is 1. The van der Waals surface area contributed by atoms with Gasteiger partial charge in [0.05, 0.1) is 16.7 Å². The van der Waals surface area contributed by atoms with Crippen LogP contribution in [0.2, 0.25) is 0 Å². The first-order valence-electron chi connectivity index (χ1n) is 11.1. The van der Waals surface area contributed by atoms with Crippen molar-refractivity contribution in [3.8, 4) is 5.75 Å².